The molecule has 0 bridgehead atoms. The van der Waals surface area contributed by atoms with Gasteiger partial charge in [-0.2, -0.15) is 0 Å². The maximum absolute atomic E-state index is 10.7. The molecule has 0 aliphatic carbocycles. The van der Waals surface area contributed by atoms with E-state index in [1.807, 2.05) is 13.8 Å². The molecule has 0 aliphatic heterocycles. The maximum atomic E-state index is 10.7. The minimum Gasteiger partial charge on any atom is -0.507 e. The molecule has 1 N–H and O–H groups in total. The van der Waals surface area contributed by atoms with Gasteiger partial charge in [0.1, 0.15) is 12.0 Å². The van der Waals surface area contributed by atoms with E-state index in [-0.39, 0.29) is 17.2 Å². The number of phenols is 1. The van der Waals surface area contributed by atoms with Crippen molar-refractivity contribution < 1.29 is 14.7 Å². The normalized spacial score (nSPS) is 10.2. The molecule has 74 valence electrons. The third-order valence-corrected chi connectivity index (χ3v) is 2.12. The summed E-state index contributed by atoms with van der Waals surface area (Å²) < 4.78 is 0. The van der Waals surface area contributed by atoms with Crippen LogP contribution in [0, 0.1) is 0 Å². The first-order chi connectivity index (χ1) is 6.61. The molecule has 3 heteroatoms. The van der Waals surface area contributed by atoms with Crippen LogP contribution in [-0.2, 0) is 0 Å². The van der Waals surface area contributed by atoms with Crippen LogP contribution in [0.1, 0.15) is 46.0 Å². The van der Waals surface area contributed by atoms with E-state index >= 15 is 0 Å². The fourth-order valence-electron chi connectivity index (χ4n) is 1.51. The molecule has 0 spiro atoms. The first-order valence-electron chi connectivity index (χ1n) is 4.38. The van der Waals surface area contributed by atoms with Crippen molar-refractivity contribution in [1.82, 2.24) is 0 Å². The zero-order chi connectivity index (χ0) is 10.7. The van der Waals surface area contributed by atoms with E-state index in [1.165, 1.54) is 12.1 Å². The van der Waals surface area contributed by atoms with E-state index < -0.39 is 0 Å². The minimum atomic E-state index is -0.0747. The van der Waals surface area contributed by atoms with Crippen molar-refractivity contribution in [2.24, 2.45) is 0 Å². The largest absolute Gasteiger partial charge is 0.507 e. The second-order valence-electron chi connectivity index (χ2n) is 3.39. The van der Waals surface area contributed by atoms with Gasteiger partial charge >= 0.3 is 0 Å². The van der Waals surface area contributed by atoms with Crippen molar-refractivity contribution >= 4 is 12.6 Å². The van der Waals surface area contributed by atoms with Gasteiger partial charge in [0.2, 0.25) is 0 Å². The number of benzene rings is 1. The number of hydrogen-bond donors (Lipinski definition) is 1. The van der Waals surface area contributed by atoms with Gasteiger partial charge in [-0.25, -0.2) is 0 Å². The molecule has 0 radical (unpaired) electrons. The number of rotatable bonds is 3. The van der Waals surface area contributed by atoms with Gasteiger partial charge in [-0.1, -0.05) is 13.8 Å². The van der Waals surface area contributed by atoms with Crippen LogP contribution >= 0.6 is 0 Å². The van der Waals surface area contributed by atoms with Crippen molar-refractivity contribution in [2.75, 3.05) is 0 Å². The van der Waals surface area contributed by atoms with Crippen LogP contribution in [0.5, 0.6) is 5.75 Å². The third-order valence-electron chi connectivity index (χ3n) is 2.12. The van der Waals surface area contributed by atoms with Gasteiger partial charge in [-0.3, -0.25) is 9.59 Å². The predicted octanol–water partition coefficient (Wildman–Crippen LogP) is 2.14. The smallest absolute Gasteiger partial charge is 0.154 e. The number of aromatic hydroxyl groups is 1. The molecule has 14 heavy (non-hydrogen) atoms. The molecule has 0 fully saturated rings. The van der Waals surface area contributed by atoms with E-state index in [0.717, 1.165) is 0 Å². The third kappa shape index (κ3) is 1.66. The standard InChI is InChI=1S/C11H12O3/c1-7(2)11-8(5-12)3-4-10(14)9(11)6-13/h3-7,14H,1-2H3. The summed E-state index contributed by atoms with van der Waals surface area (Å²) in [5.41, 5.74) is 1.28. The van der Waals surface area contributed by atoms with E-state index in [1.54, 1.807) is 0 Å². The summed E-state index contributed by atoms with van der Waals surface area (Å²) in [6.45, 7) is 3.74. The quantitative estimate of drug-likeness (QED) is 0.746. The highest BCUT2D eigenvalue weighted by Gasteiger charge is 2.14. The van der Waals surface area contributed by atoms with Gasteiger partial charge in [-0.15, -0.1) is 0 Å². The predicted molar refractivity (Wildman–Crippen MR) is 53.0 cm³/mol. The van der Waals surface area contributed by atoms with Crippen molar-refractivity contribution in [3.05, 3.63) is 28.8 Å². The number of carbonyl (C=O) groups is 2. The van der Waals surface area contributed by atoms with Crippen molar-refractivity contribution in [3.8, 4) is 5.75 Å². The van der Waals surface area contributed by atoms with Gasteiger partial charge in [0.05, 0.1) is 5.56 Å². The van der Waals surface area contributed by atoms with Crippen LogP contribution in [0.4, 0.5) is 0 Å². The zero-order valence-corrected chi connectivity index (χ0v) is 8.15. The first kappa shape index (κ1) is 10.4. The fraction of sp³-hybridized carbons (Fsp3) is 0.273. The van der Waals surface area contributed by atoms with Gasteiger partial charge in [0, 0.05) is 5.56 Å². The van der Waals surface area contributed by atoms with E-state index in [2.05, 4.69) is 0 Å². The van der Waals surface area contributed by atoms with Gasteiger partial charge in [0.25, 0.3) is 0 Å². The lowest BCUT2D eigenvalue weighted by Gasteiger charge is -2.12. The molecular formula is C11H12O3. The summed E-state index contributed by atoms with van der Waals surface area (Å²) in [5.74, 6) is -0.0446. The summed E-state index contributed by atoms with van der Waals surface area (Å²) in [5, 5.41) is 9.41. The van der Waals surface area contributed by atoms with Crippen LogP contribution < -0.4 is 0 Å². The molecular weight excluding hydrogens is 180 g/mol. The Balaban J connectivity index is 3.51. The van der Waals surface area contributed by atoms with Crippen LogP contribution in [0.25, 0.3) is 0 Å². The second-order valence-corrected chi connectivity index (χ2v) is 3.39. The Hall–Kier alpha value is -1.64. The summed E-state index contributed by atoms with van der Waals surface area (Å²) in [6, 6.07) is 2.88. The lowest BCUT2D eigenvalue weighted by Crippen LogP contribution is -2.01. The van der Waals surface area contributed by atoms with Crippen LogP contribution in [0.3, 0.4) is 0 Å². The summed E-state index contributed by atoms with van der Waals surface area (Å²) in [7, 11) is 0. The Morgan fingerprint density at radius 2 is 1.86 bits per heavy atom. The van der Waals surface area contributed by atoms with E-state index in [4.69, 9.17) is 0 Å². The Morgan fingerprint density at radius 1 is 1.21 bits per heavy atom. The molecule has 0 unspecified atom stereocenters. The van der Waals surface area contributed by atoms with Crippen molar-refractivity contribution in [3.63, 3.8) is 0 Å². The molecule has 0 aromatic heterocycles. The van der Waals surface area contributed by atoms with Crippen LogP contribution in [-0.4, -0.2) is 17.7 Å². The molecule has 3 nitrogen and oxygen atoms in total. The lowest BCUT2D eigenvalue weighted by molar-refractivity contribution is 0.111. The number of aldehydes is 2. The number of hydrogen-bond acceptors (Lipinski definition) is 3. The van der Waals surface area contributed by atoms with Crippen LogP contribution in [0.15, 0.2) is 12.1 Å². The van der Waals surface area contributed by atoms with Gasteiger partial charge < -0.3 is 5.11 Å². The molecule has 1 aromatic rings. The topological polar surface area (TPSA) is 54.4 Å². The number of phenolic OH excluding ortho intramolecular Hbond substituents is 1. The van der Waals surface area contributed by atoms with Crippen molar-refractivity contribution in [2.45, 2.75) is 19.8 Å². The average Bonchev–Trinajstić information content (AvgIpc) is 2.17. The molecule has 0 atom stereocenters. The van der Waals surface area contributed by atoms with Crippen LogP contribution in [0.2, 0.25) is 0 Å². The molecule has 0 aliphatic rings. The summed E-state index contributed by atoms with van der Waals surface area (Å²) in [6.07, 6.45) is 1.28. The highest BCUT2D eigenvalue weighted by Crippen LogP contribution is 2.28. The monoisotopic (exact) mass is 192 g/mol. The minimum absolute atomic E-state index is 0.0301. The molecule has 0 amide bonds. The Kier molecular flexibility index (Phi) is 3.02. The fourth-order valence-corrected chi connectivity index (χ4v) is 1.51. The van der Waals surface area contributed by atoms with Gasteiger partial charge in [-0.05, 0) is 23.6 Å². The zero-order valence-electron chi connectivity index (χ0n) is 8.15. The second kappa shape index (κ2) is 4.05. The van der Waals surface area contributed by atoms with E-state index in [0.29, 0.717) is 23.7 Å². The highest BCUT2D eigenvalue weighted by atomic mass is 16.3. The van der Waals surface area contributed by atoms with E-state index in [9.17, 15) is 14.7 Å². The Morgan fingerprint density at radius 3 is 2.29 bits per heavy atom. The molecule has 0 heterocycles. The molecule has 0 saturated heterocycles. The molecule has 1 aromatic carbocycles. The molecule has 1 rings (SSSR count). The highest BCUT2D eigenvalue weighted by molar-refractivity contribution is 5.88. The first-order valence-corrected chi connectivity index (χ1v) is 4.38. The summed E-state index contributed by atoms with van der Waals surface area (Å²) >= 11 is 0. The Labute approximate surface area is 82.4 Å². The summed E-state index contributed by atoms with van der Waals surface area (Å²) in [4.78, 5) is 21.5. The average molecular weight is 192 g/mol. The van der Waals surface area contributed by atoms with Crippen molar-refractivity contribution in [1.29, 1.82) is 0 Å². The lowest BCUT2D eigenvalue weighted by atomic mass is 9.92. The van der Waals surface area contributed by atoms with Gasteiger partial charge in [0.15, 0.2) is 6.29 Å². The SMILES string of the molecule is CC(C)c1c(C=O)ccc(O)c1C=O. The number of carbonyl (C=O) groups excluding carboxylic acids is 2. The maximum Gasteiger partial charge on any atom is 0.154 e. The Bertz CT molecular complexity index is 367. The molecule has 0 saturated carbocycles.